The van der Waals surface area contributed by atoms with Gasteiger partial charge in [-0.2, -0.15) is 13.2 Å². The van der Waals surface area contributed by atoms with Gasteiger partial charge >= 0.3 is 6.18 Å². The smallest absolute Gasteiger partial charge is 0.403 e. The Morgan fingerprint density at radius 3 is 2.67 bits per heavy atom. The molecule has 4 rings (SSSR count). The number of carbonyl (C=O) groups excluding carboxylic acids is 2. The molecule has 33 heavy (non-hydrogen) atoms. The molecule has 0 saturated heterocycles. The number of thiophene rings is 1. The molecule has 2 aliphatic rings. The van der Waals surface area contributed by atoms with Gasteiger partial charge in [-0.05, 0) is 55.5 Å². The Kier molecular flexibility index (Phi) is 6.44. The summed E-state index contributed by atoms with van der Waals surface area (Å²) in [5, 5.41) is 2.37. The molecule has 2 aromatic rings. The Balaban J connectivity index is 1.49. The van der Waals surface area contributed by atoms with Crippen LogP contribution in [0.1, 0.15) is 52.6 Å². The van der Waals surface area contributed by atoms with Crippen LogP contribution >= 0.6 is 11.3 Å². The first-order valence-electron chi connectivity index (χ1n) is 11.0. The van der Waals surface area contributed by atoms with E-state index in [-0.39, 0.29) is 37.8 Å². The number of alkyl halides is 3. The zero-order chi connectivity index (χ0) is 23.8. The molecule has 1 aromatic carbocycles. The minimum atomic E-state index is -4.57. The van der Waals surface area contributed by atoms with Crippen LogP contribution in [-0.4, -0.2) is 43.1 Å². The van der Waals surface area contributed by atoms with Crippen LogP contribution in [0.5, 0.6) is 5.75 Å². The van der Waals surface area contributed by atoms with Crippen LogP contribution in [0, 0.1) is 12.3 Å². The zero-order valence-electron chi connectivity index (χ0n) is 18.6. The molecule has 1 aromatic heterocycles. The van der Waals surface area contributed by atoms with Crippen molar-refractivity contribution in [1.82, 2.24) is 10.2 Å². The van der Waals surface area contributed by atoms with Gasteiger partial charge in [0.25, 0.3) is 0 Å². The molecule has 5 nitrogen and oxygen atoms in total. The van der Waals surface area contributed by atoms with Gasteiger partial charge in [0.2, 0.25) is 11.8 Å². The standard InChI is InChI=1S/C24H27F3N2O3S/c1-15-13-18-19(33-15)8-12-29(21(18)16-5-3-6-17(14-16)32-2)20(30)7-11-28-22(31)23(9-4-10-23)24(25,26)27/h3,5-6,13-14,21H,4,7-12H2,1-2H3,(H,28,31). The van der Waals surface area contributed by atoms with E-state index in [1.54, 1.807) is 23.3 Å². The molecule has 1 fully saturated rings. The minimum absolute atomic E-state index is 0.0569. The number of aryl methyl sites for hydroxylation is 1. The monoisotopic (exact) mass is 480 g/mol. The minimum Gasteiger partial charge on any atom is -0.497 e. The van der Waals surface area contributed by atoms with E-state index >= 15 is 0 Å². The lowest BCUT2D eigenvalue weighted by molar-refractivity contribution is -0.243. The summed E-state index contributed by atoms with van der Waals surface area (Å²) in [6, 6.07) is 9.35. The Bertz CT molecular complexity index is 1050. The van der Waals surface area contributed by atoms with E-state index < -0.39 is 17.5 Å². The second kappa shape index (κ2) is 9.00. The number of nitrogens with zero attached hydrogens (tertiary/aromatic N) is 1. The predicted octanol–water partition coefficient (Wildman–Crippen LogP) is 4.78. The molecule has 1 aliphatic carbocycles. The molecule has 9 heteroatoms. The molecule has 0 bridgehead atoms. The number of methoxy groups -OCH3 is 1. The second-order valence-electron chi connectivity index (χ2n) is 8.69. The van der Waals surface area contributed by atoms with Crippen molar-refractivity contribution in [3.05, 3.63) is 51.2 Å². The van der Waals surface area contributed by atoms with Crippen molar-refractivity contribution < 1.29 is 27.5 Å². The molecule has 1 saturated carbocycles. The third-order valence-corrected chi connectivity index (χ3v) is 7.82. The van der Waals surface area contributed by atoms with Gasteiger partial charge in [-0.15, -0.1) is 11.3 Å². The first-order valence-corrected chi connectivity index (χ1v) is 11.9. The lowest BCUT2D eigenvalue weighted by atomic mass is 9.67. The van der Waals surface area contributed by atoms with Gasteiger partial charge in [0.1, 0.15) is 11.2 Å². The highest BCUT2D eigenvalue weighted by molar-refractivity contribution is 7.12. The van der Waals surface area contributed by atoms with Gasteiger partial charge in [0, 0.05) is 29.3 Å². The highest BCUT2D eigenvalue weighted by atomic mass is 32.1. The van der Waals surface area contributed by atoms with Gasteiger partial charge in [-0.25, -0.2) is 0 Å². The lowest BCUT2D eigenvalue weighted by Gasteiger charge is -2.41. The number of halogens is 3. The van der Waals surface area contributed by atoms with Crippen molar-refractivity contribution in [3.8, 4) is 5.75 Å². The summed E-state index contributed by atoms with van der Waals surface area (Å²) in [5.41, 5.74) is -0.316. The number of benzene rings is 1. The first-order chi connectivity index (χ1) is 15.7. The molecule has 178 valence electrons. The molecule has 0 spiro atoms. The summed E-state index contributed by atoms with van der Waals surface area (Å²) in [4.78, 5) is 29.6. The molecule has 1 unspecified atom stereocenters. The number of hydrogen-bond donors (Lipinski definition) is 1. The maximum Gasteiger partial charge on any atom is 0.403 e. The fourth-order valence-corrected chi connectivity index (χ4v) is 5.79. The van der Waals surface area contributed by atoms with Crippen molar-refractivity contribution in [2.24, 2.45) is 5.41 Å². The van der Waals surface area contributed by atoms with Crippen molar-refractivity contribution >= 4 is 23.2 Å². The van der Waals surface area contributed by atoms with Crippen LogP contribution < -0.4 is 10.1 Å². The van der Waals surface area contributed by atoms with Crippen LogP contribution in [0.15, 0.2) is 30.3 Å². The van der Waals surface area contributed by atoms with E-state index in [0.717, 1.165) is 22.4 Å². The number of hydrogen-bond acceptors (Lipinski definition) is 4. The summed E-state index contributed by atoms with van der Waals surface area (Å²) in [5.74, 6) is -0.538. The van der Waals surface area contributed by atoms with Crippen molar-refractivity contribution in [2.45, 2.75) is 51.2 Å². The largest absolute Gasteiger partial charge is 0.497 e. The Morgan fingerprint density at radius 1 is 1.27 bits per heavy atom. The molecular weight excluding hydrogens is 453 g/mol. The molecular formula is C24H27F3N2O3S. The summed E-state index contributed by atoms with van der Waals surface area (Å²) >= 11 is 1.72. The van der Waals surface area contributed by atoms with Gasteiger partial charge < -0.3 is 15.0 Å². The molecule has 2 heterocycles. The highest BCUT2D eigenvalue weighted by Crippen LogP contribution is 2.53. The average Bonchev–Trinajstić information content (AvgIpc) is 3.11. The third kappa shape index (κ3) is 4.35. The Labute approximate surface area is 194 Å². The van der Waals surface area contributed by atoms with Crippen LogP contribution in [-0.2, 0) is 16.0 Å². The second-order valence-corrected chi connectivity index (χ2v) is 10.0. The van der Waals surface area contributed by atoms with E-state index in [2.05, 4.69) is 11.4 Å². The van der Waals surface area contributed by atoms with Crippen LogP contribution in [0.3, 0.4) is 0 Å². The topological polar surface area (TPSA) is 58.6 Å². The van der Waals surface area contributed by atoms with E-state index in [1.165, 1.54) is 4.88 Å². The fraction of sp³-hybridized carbons (Fsp3) is 0.500. The summed E-state index contributed by atoms with van der Waals surface area (Å²) in [7, 11) is 1.58. The van der Waals surface area contributed by atoms with Crippen LogP contribution in [0.4, 0.5) is 13.2 Å². The zero-order valence-corrected chi connectivity index (χ0v) is 19.4. The summed E-state index contributed by atoms with van der Waals surface area (Å²) in [6.07, 6.45) is -3.91. The maximum absolute atomic E-state index is 13.4. The van der Waals surface area contributed by atoms with E-state index in [9.17, 15) is 22.8 Å². The Morgan fingerprint density at radius 2 is 2.03 bits per heavy atom. The van der Waals surface area contributed by atoms with Gasteiger partial charge in [0.15, 0.2) is 0 Å². The molecule has 0 radical (unpaired) electrons. The van der Waals surface area contributed by atoms with Gasteiger partial charge in [-0.3, -0.25) is 9.59 Å². The highest BCUT2D eigenvalue weighted by Gasteiger charge is 2.63. The van der Waals surface area contributed by atoms with Gasteiger partial charge in [0.05, 0.1) is 13.2 Å². The number of amides is 2. The molecule has 2 amide bonds. The molecule has 1 atom stereocenters. The number of carbonyl (C=O) groups is 2. The van der Waals surface area contributed by atoms with Gasteiger partial charge in [-0.1, -0.05) is 18.6 Å². The van der Waals surface area contributed by atoms with Crippen molar-refractivity contribution in [3.63, 3.8) is 0 Å². The van der Waals surface area contributed by atoms with E-state index in [0.29, 0.717) is 18.7 Å². The van der Waals surface area contributed by atoms with E-state index in [4.69, 9.17) is 4.74 Å². The molecule has 1 aliphatic heterocycles. The number of rotatable bonds is 6. The van der Waals surface area contributed by atoms with Crippen LogP contribution in [0.2, 0.25) is 0 Å². The number of fused-ring (bicyclic) bond motifs is 1. The van der Waals surface area contributed by atoms with Crippen molar-refractivity contribution in [1.29, 1.82) is 0 Å². The summed E-state index contributed by atoms with van der Waals surface area (Å²) < 4.78 is 45.5. The fourth-order valence-electron chi connectivity index (χ4n) is 4.73. The number of ether oxygens (including phenoxy) is 1. The lowest BCUT2D eigenvalue weighted by Crippen LogP contribution is -2.55. The SMILES string of the molecule is COc1cccc(C2c3cc(C)sc3CCN2C(=O)CCNC(=O)C2(C(F)(F)F)CCC2)c1. The van der Waals surface area contributed by atoms with Crippen molar-refractivity contribution in [2.75, 3.05) is 20.2 Å². The first kappa shape index (κ1) is 23.6. The quantitative estimate of drug-likeness (QED) is 0.648. The number of nitrogens with one attached hydrogen (secondary N) is 1. The summed E-state index contributed by atoms with van der Waals surface area (Å²) in [6.45, 7) is 2.42. The predicted molar refractivity (Wildman–Crippen MR) is 119 cm³/mol. The average molecular weight is 481 g/mol. The van der Waals surface area contributed by atoms with Crippen LogP contribution in [0.25, 0.3) is 0 Å². The third-order valence-electron chi connectivity index (χ3n) is 6.69. The normalized spacial score (nSPS) is 19.4. The van der Waals surface area contributed by atoms with E-state index in [1.807, 2.05) is 31.2 Å². The maximum atomic E-state index is 13.4. The molecule has 1 N–H and O–H groups in total. The Hall–Kier alpha value is -2.55.